The van der Waals surface area contributed by atoms with E-state index in [0.29, 0.717) is 46.6 Å². The highest BCUT2D eigenvalue weighted by atomic mass is 19.1. The van der Waals surface area contributed by atoms with Crippen LogP contribution in [0.15, 0.2) is 48.5 Å². The van der Waals surface area contributed by atoms with E-state index in [-0.39, 0.29) is 5.91 Å². The van der Waals surface area contributed by atoms with Gasteiger partial charge in [-0.3, -0.25) is 9.78 Å². The van der Waals surface area contributed by atoms with Crippen LogP contribution in [0.1, 0.15) is 40.3 Å². The molecule has 7 heteroatoms. The van der Waals surface area contributed by atoms with E-state index < -0.39 is 11.8 Å². The van der Waals surface area contributed by atoms with Crippen molar-refractivity contribution in [1.82, 2.24) is 9.88 Å². The highest BCUT2D eigenvalue weighted by Crippen LogP contribution is 2.21. The van der Waals surface area contributed by atoms with Crippen LogP contribution in [0.5, 0.6) is 0 Å². The molecule has 3 aromatic rings. The second-order valence-electron chi connectivity index (χ2n) is 7.17. The van der Waals surface area contributed by atoms with Crippen molar-refractivity contribution in [2.75, 3.05) is 31.6 Å². The number of fused-ring (bicyclic) bond motifs is 1. The molecule has 1 aromatic heterocycles. The number of amides is 1. The van der Waals surface area contributed by atoms with Gasteiger partial charge in [0.05, 0.1) is 16.6 Å². The van der Waals surface area contributed by atoms with Crippen molar-refractivity contribution in [2.45, 2.75) is 20.8 Å². The lowest BCUT2D eigenvalue weighted by Gasteiger charge is -2.17. The van der Waals surface area contributed by atoms with Crippen molar-refractivity contribution in [3.8, 4) is 0 Å². The van der Waals surface area contributed by atoms with Crippen LogP contribution < -0.4 is 5.32 Å². The molecule has 6 nitrogen and oxygen atoms in total. The van der Waals surface area contributed by atoms with Crippen molar-refractivity contribution in [2.24, 2.45) is 0 Å². The molecule has 162 valence electrons. The molecule has 1 amide bonds. The van der Waals surface area contributed by atoms with Gasteiger partial charge in [0.25, 0.3) is 5.91 Å². The van der Waals surface area contributed by atoms with E-state index in [9.17, 15) is 14.0 Å². The number of nitrogens with one attached hydrogen (secondary N) is 1. The number of hydrogen-bond donors (Lipinski definition) is 1. The summed E-state index contributed by atoms with van der Waals surface area (Å²) in [6.07, 6.45) is 0. The Morgan fingerprint density at radius 2 is 1.77 bits per heavy atom. The number of hydrogen-bond acceptors (Lipinski definition) is 5. The van der Waals surface area contributed by atoms with Crippen LogP contribution in [-0.4, -0.2) is 48.0 Å². The summed E-state index contributed by atoms with van der Waals surface area (Å²) < 4.78 is 19.0. The Hall–Kier alpha value is -3.32. The summed E-state index contributed by atoms with van der Waals surface area (Å²) in [5.74, 6) is -1.22. The van der Waals surface area contributed by atoms with E-state index in [1.54, 1.807) is 43.3 Å². The molecule has 0 saturated heterocycles. The molecule has 0 atom stereocenters. The van der Waals surface area contributed by atoms with Crippen molar-refractivity contribution in [3.05, 3.63) is 71.2 Å². The Morgan fingerprint density at radius 3 is 2.45 bits per heavy atom. The highest BCUT2D eigenvalue weighted by molar-refractivity contribution is 6.12. The van der Waals surface area contributed by atoms with Crippen molar-refractivity contribution in [1.29, 1.82) is 0 Å². The molecule has 0 bridgehead atoms. The average molecular weight is 423 g/mol. The molecular formula is C24H26FN3O3. The second kappa shape index (κ2) is 10.1. The van der Waals surface area contributed by atoms with Crippen LogP contribution in [0.3, 0.4) is 0 Å². The van der Waals surface area contributed by atoms with Gasteiger partial charge in [-0.25, -0.2) is 9.18 Å². The summed E-state index contributed by atoms with van der Waals surface area (Å²) in [6, 6.07) is 12.3. The lowest BCUT2D eigenvalue weighted by atomic mass is 10.1. The minimum atomic E-state index is -0.434. The Morgan fingerprint density at radius 1 is 1.06 bits per heavy atom. The van der Waals surface area contributed by atoms with Gasteiger partial charge in [-0.1, -0.05) is 13.8 Å². The third kappa shape index (κ3) is 5.64. The van der Waals surface area contributed by atoms with E-state index in [0.717, 1.165) is 13.1 Å². The van der Waals surface area contributed by atoms with Gasteiger partial charge in [0, 0.05) is 23.3 Å². The fourth-order valence-electron chi connectivity index (χ4n) is 3.30. The molecule has 0 fully saturated rings. The van der Waals surface area contributed by atoms with Crippen molar-refractivity contribution >= 4 is 28.5 Å². The van der Waals surface area contributed by atoms with Gasteiger partial charge in [-0.15, -0.1) is 0 Å². The van der Waals surface area contributed by atoms with Gasteiger partial charge < -0.3 is 15.0 Å². The minimum absolute atomic E-state index is 0.323. The maximum absolute atomic E-state index is 13.7. The molecule has 31 heavy (non-hydrogen) atoms. The van der Waals surface area contributed by atoms with Gasteiger partial charge in [-0.2, -0.15) is 0 Å². The number of benzene rings is 2. The lowest BCUT2D eigenvalue weighted by Crippen LogP contribution is -2.27. The van der Waals surface area contributed by atoms with Gasteiger partial charge in [0.2, 0.25) is 0 Å². The molecule has 0 radical (unpaired) electrons. The molecule has 0 aliphatic rings. The number of aryl methyl sites for hydroxylation is 1. The predicted molar refractivity (Wildman–Crippen MR) is 119 cm³/mol. The molecular weight excluding hydrogens is 397 g/mol. The number of likely N-dealkylation sites (N-methyl/N-ethyl adjacent to an activating group) is 1. The average Bonchev–Trinajstić information content (AvgIpc) is 2.76. The highest BCUT2D eigenvalue weighted by Gasteiger charge is 2.14. The van der Waals surface area contributed by atoms with E-state index in [1.165, 1.54) is 12.1 Å². The molecule has 0 aliphatic heterocycles. The van der Waals surface area contributed by atoms with Crippen LogP contribution in [-0.2, 0) is 4.74 Å². The summed E-state index contributed by atoms with van der Waals surface area (Å²) in [4.78, 5) is 31.5. The van der Waals surface area contributed by atoms with E-state index in [2.05, 4.69) is 29.0 Å². The molecule has 1 N–H and O–H groups in total. The number of rotatable bonds is 8. The Labute approximate surface area is 181 Å². The van der Waals surface area contributed by atoms with E-state index in [4.69, 9.17) is 4.74 Å². The number of ether oxygens (including phenoxy) is 1. The lowest BCUT2D eigenvalue weighted by molar-refractivity contribution is 0.0466. The van der Waals surface area contributed by atoms with Crippen molar-refractivity contribution in [3.63, 3.8) is 0 Å². The summed E-state index contributed by atoms with van der Waals surface area (Å²) in [7, 11) is 0. The fourth-order valence-corrected chi connectivity index (χ4v) is 3.30. The summed E-state index contributed by atoms with van der Waals surface area (Å²) in [5.41, 5.74) is 2.47. The third-order valence-electron chi connectivity index (χ3n) is 5.06. The first kappa shape index (κ1) is 22.4. The zero-order valence-corrected chi connectivity index (χ0v) is 17.9. The molecule has 3 rings (SSSR count). The Balaban J connectivity index is 1.67. The van der Waals surface area contributed by atoms with E-state index in [1.807, 2.05) is 0 Å². The van der Waals surface area contributed by atoms with Crippen LogP contribution in [0.4, 0.5) is 10.1 Å². The van der Waals surface area contributed by atoms with Crippen LogP contribution in [0.25, 0.3) is 10.9 Å². The van der Waals surface area contributed by atoms with Gasteiger partial charge in [-0.05, 0) is 68.5 Å². The quantitative estimate of drug-likeness (QED) is 0.543. The second-order valence-corrected chi connectivity index (χ2v) is 7.17. The number of pyridine rings is 1. The zero-order valence-electron chi connectivity index (χ0n) is 17.9. The largest absolute Gasteiger partial charge is 0.461 e. The number of carbonyl (C=O) groups excluding carboxylic acids is 2. The first-order valence-corrected chi connectivity index (χ1v) is 10.3. The number of anilines is 1. The predicted octanol–water partition coefficient (Wildman–Crippen LogP) is 4.43. The molecule has 0 saturated carbocycles. The van der Waals surface area contributed by atoms with Crippen LogP contribution in [0.2, 0.25) is 0 Å². The molecule has 0 aliphatic carbocycles. The summed E-state index contributed by atoms with van der Waals surface area (Å²) in [6.45, 7) is 8.72. The maximum atomic E-state index is 13.7. The van der Waals surface area contributed by atoms with Gasteiger partial charge in [0.1, 0.15) is 12.4 Å². The summed E-state index contributed by atoms with van der Waals surface area (Å²) in [5, 5.41) is 3.23. The molecule has 1 heterocycles. The first-order valence-electron chi connectivity index (χ1n) is 10.3. The third-order valence-corrected chi connectivity index (χ3v) is 5.06. The smallest absolute Gasteiger partial charge is 0.338 e. The Bertz CT molecular complexity index is 1080. The maximum Gasteiger partial charge on any atom is 0.338 e. The minimum Gasteiger partial charge on any atom is -0.461 e. The normalized spacial score (nSPS) is 11.0. The number of halogens is 1. The number of nitrogens with zero attached hydrogens (tertiary/aromatic N) is 2. The van der Waals surface area contributed by atoms with Crippen LogP contribution >= 0.6 is 0 Å². The number of esters is 1. The topological polar surface area (TPSA) is 71.5 Å². The van der Waals surface area contributed by atoms with Gasteiger partial charge >= 0.3 is 5.97 Å². The zero-order chi connectivity index (χ0) is 22.4. The monoisotopic (exact) mass is 423 g/mol. The Kier molecular flexibility index (Phi) is 7.31. The molecule has 2 aromatic carbocycles. The van der Waals surface area contributed by atoms with Crippen molar-refractivity contribution < 1.29 is 18.7 Å². The molecule has 0 unspecified atom stereocenters. The van der Waals surface area contributed by atoms with Gasteiger partial charge in [0.15, 0.2) is 0 Å². The fraction of sp³-hybridized carbons (Fsp3) is 0.292. The first-order chi connectivity index (χ1) is 14.9. The summed E-state index contributed by atoms with van der Waals surface area (Å²) >= 11 is 0. The van der Waals surface area contributed by atoms with Crippen LogP contribution in [0, 0.1) is 12.7 Å². The van der Waals surface area contributed by atoms with E-state index >= 15 is 0 Å². The molecule has 0 spiro atoms. The number of carbonyl (C=O) groups is 2. The number of aromatic nitrogens is 1. The standard InChI is InChI=1S/C24H26FN3O3/c1-4-28(5-2)12-13-31-24(30)17-6-9-19(10-7-17)27-23(29)21-14-16(3)26-22-11-8-18(25)15-20(21)22/h6-11,14-15H,4-5,12-13H2,1-3H3,(H,27,29). The SMILES string of the molecule is CCN(CC)CCOC(=O)c1ccc(NC(=O)c2cc(C)nc3ccc(F)cc23)cc1.